The molecule has 1 N–H and O–H groups in total. The van der Waals surface area contributed by atoms with Crippen molar-refractivity contribution in [3.8, 4) is 0 Å². The molecule has 148 valence electrons. The third-order valence-corrected chi connectivity index (χ3v) is 6.97. The predicted molar refractivity (Wildman–Crippen MR) is 117 cm³/mol. The van der Waals surface area contributed by atoms with Crippen LogP contribution in [-0.4, -0.2) is 40.4 Å². The normalized spacial score (nSPS) is 25.4. The van der Waals surface area contributed by atoms with Gasteiger partial charge in [-0.05, 0) is 36.0 Å². The molecule has 1 aromatic rings. The molecule has 1 aromatic carbocycles. The summed E-state index contributed by atoms with van der Waals surface area (Å²) in [4.78, 5) is 19.8. The third-order valence-electron chi connectivity index (χ3n) is 5.68. The van der Waals surface area contributed by atoms with E-state index in [9.17, 15) is 4.79 Å². The van der Waals surface area contributed by atoms with Crippen molar-refractivity contribution in [2.45, 2.75) is 82.5 Å². The number of thioether (sulfide) groups is 1. The van der Waals surface area contributed by atoms with Crippen LogP contribution in [0.5, 0.6) is 0 Å². The van der Waals surface area contributed by atoms with E-state index >= 15 is 0 Å². The summed E-state index contributed by atoms with van der Waals surface area (Å²) in [6.07, 6.45) is 5.51. The third kappa shape index (κ3) is 5.07. The Labute approximate surface area is 168 Å². The Morgan fingerprint density at radius 2 is 1.85 bits per heavy atom. The zero-order chi connectivity index (χ0) is 19.6. The second kappa shape index (κ2) is 8.26. The fourth-order valence-corrected chi connectivity index (χ4v) is 5.13. The Morgan fingerprint density at radius 1 is 1.22 bits per heavy atom. The molecule has 1 amide bonds. The molecule has 1 aliphatic carbocycles. The lowest BCUT2D eigenvalue weighted by Gasteiger charge is -2.23. The first-order valence-corrected chi connectivity index (χ1v) is 11.0. The largest absolute Gasteiger partial charge is 0.350 e. The van der Waals surface area contributed by atoms with E-state index in [1.807, 2.05) is 23.9 Å². The highest BCUT2D eigenvalue weighted by Gasteiger charge is 2.36. The number of aliphatic imine (C=N–C) groups is 1. The minimum Gasteiger partial charge on any atom is -0.350 e. The summed E-state index contributed by atoms with van der Waals surface area (Å²) in [6, 6.07) is 8.88. The van der Waals surface area contributed by atoms with Crippen molar-refractivity contribution < 1.29 is 4.79 Å². The number of nitrogens with zero attached hydrogens (tertiary/aromatic N) is 2. The van der Waals surface area contributed by atoms with E-state index < -0.39 is 0 Å². The van der Waals surface area contributed by atoms with Crippen LogP contribution in [0.15, 0.2) is 29.3 Å². The molecule has 2 unspecified atom stereocenters. The van der Waals surface area contributed by atoms with Gasteiger partial charge in [-0.2, -0.15) is 0 Å². The summed E-state index contributed by atoms with van der Waals surface area (Å²) in [7, 11) is 2.08. The van der Waals surface area contributed by atoms with Gasteiger partial charge in [0.15, 0.2) is 5.17 Å². The van der Waals surface area contributed by atoms with Gasteiger partial charge in [0.05, 0.1) is 12.1 Å². The molecule has 0 spiro atoms. The summed E-state index contributed by atoms with van der Waals surface area (Å²) in [5, 5.41) is 4.55. The van der Waals surface area contributed by atoms with Gasteiger partial charge in [0.2, 0.25) is 5.91 Å². The van der Waals surface area contributed by atoms with Crippen LogP contribution in [0.25, 0.3) is 0 Å². The Hall–Kier alpha value is -1.49. The van der Waals surface area contributed by atoms with Crippen molar-refractivity contribution >= 4 is 28.5 Å². The highest BCUT2D eigenvalue weighted by Crippen LogP contribution is 2.34. The molecule has 0 aromatic heterocycles. The number of nitrogens with one attached hydrogen (secondary N) is 1. The van der Waals surface area contributed by atoms with E-state index in [4.69, 9.17) is 4.99 Å². The maximum Gasteiger partial charge on any atom is 0.226 e. The number of amides is 1. The topological polar surface area (TPSA) is 44.7 Å². The first kappa shape index (κ1) is 20.2. The van der Waals surface area contributed by atoms with E-state index in [0.29, 0.717) is 17.7 Å². The van der Waals surface area contributed by atoms with Crippen molar-refractivity contribution in [2.75, 3.05) is 12.4 Å². The van der Waals surface area contributed by atoms with E-state index in [-0.39, 0.29) is 17.4 Å². The van der Waals surface area contributed by atoms with Gasteiger partial charge in [0.1, 0.15) is 0 Å². The summed E-state index contributed by atoms with van der Waals surface area (Å²) >= 11 is 1.82. The van der Waals surface area contributed by atoms with Crippen LogP contribution < -0.4 is 5.32 Å². The highest BCUT2D eigenvalue weighted by atomic mass is 32.2. The number of rotatable bonds is 4. The molecule has 5 heteroatoms. The van der Waals surface area contributed by atoms with Crippen molar-refractivity contribution in [3.05, 3.63) is 29.8 Å². The Balaban J connectivity index is 1.58. The van der Waals surface area contributed by atoms with Crippen LogP contribution in [0.1, 0.15) is 65.4 Å². The second-order valence-corrected chi connectivity index (χ2v) is 10.3. The lowest BCUT2D eigenvalue weighted by Crippen LogP contribution is -2.36. The molecule has 1 saturated heterocycles. The summed E-state index contributed by atoms with van der Waals surface area (Å²) in [5.74, 6) is 0.0740. The zero-order valence-corrected chi connectivity index (χ0v) is 18.1. The fraction of sp³-hybridized carbons (Fsp3) is 0.636. The summed E-state index contributed by atoms with van der Waals surface area (Å²) in [5.41, 5.74) is 2.26. The molecule has 1 saturated carbocycles. The quantitative estimate of drug-likeness (QED) is 0.786. The van der Waals surface area contributed by atoms with Crippen LogP contribution >= 0.6 is 11.8 Å². The lowest BCUT2D eigenvalue weighted by molar-refractivity contribution is -0.117. The van der Waals surface area contributed by atoms with E-state index in [1.54, 1.807) is 0 Å². The van der Waals surface area contributed by atoms with Crippen molar-refractivity contribution in [2.24, 2.45) is 4.99 Å². The van der Waals surface area contributed by atoms with Crippen LogP contribution in [-0.2, 0) is 10.2 Å². The van der Waals surface area contributed by atoms with Crippen molar-refractivity contribution in [1.82, 2.24) is 4.90 Å². The summed E-state index contributed by atoms with van der Waals surface area (Å²) < 4.78 is 0. The van der Waals surface area contributed by atoms with E-state index in [0.717, 1.165) is 10.9 Å². The van der Waals surface area contributed by atoms with Crippen LogP contribution in [0.2, 0.25) is 0 Å². The smallest absolute Gasteiger partial charge is 0.226 e. The van der Waals surface area contributed by atoms with E-state index in [1.165, 1.54) is 31.2 Å². The Morgan fingerprint density at radius 3 is 2.44 bits per heavy atom. The molecular weight excluding hydrogens is 354 g/mol. The Bertz CT molecular complexity index is 687. The van der Waals surface area contributed by atoms with Gasteiger partial charge in [-0.3, -0.25) is 9.79 Å². The first-order valence-electron chi connectivity index (χ1n) is 10.1. The molecule has 0 bridgehead atoms. The van der Waals surface area contributed by atoms with Gasteiger partial charge < -0.3 is 10.2 Å². The van der Waals surface area contributed by atoms with Gasteiger partial charge in [-0.25, -0.2) is 0 Å². The monoisotopic (exact) mass is 387 g/mol. The average Bonchev–Trinajstić information content (AvgIpc) is 3.19. The fourth-order valence-electron chi connectivity index (χ4n) is 3.85. The first-order chi connectivity index (χ1) is 12.7. The SMILES string of the molecule is CC1SC(=NC2CCCC2)N(C)C1CC(=O)Nc1ccc(C(C)(C)C)cc1. The number of amidine groups is 1. The molecular formula is C22H33N3OS. The molecule has 2 aliphatic rings. The zero-order valence-electron chi connectivity index (χ0n) is 17.3. The number of carbonyl (C=O) groups excluding carboxylic acids is 1. The maximum atomic E-state index is 12.6. The number of hydrogen-bond acceptors (Lipinski definition) is 3. The summed E-state index contributed by atoms with van der Waals surface area (Å²) in [6.45, 7) is 8.79. The molecule has 3 rings (SSSR count). The lowest BCUT2D eigenvalue weighted by atomic mass is 9.87. The van der Waals surface area contributed by atoms with Crippen molar-refractivity contribution in [3.63, 3.8) is 0 Å². The molecule has 2 fully saturated rings. The Kier molecular flexibility index (Phi) is 6.19. The van der Waals surface area contributed by atoms with Crippen LogP contribution in [0, 0.1) is 0 Å². The van der Waals surface area contributed by atoms with Gasteiger partial charge in [0.25, 0.3) is 0 Å². The minimum absolute atomic E-state index is 0.0740. The molecule has 27 heavy (non-hydrogen) atoms. The highest BCUT2D eigenvalue weighted by molar-refractivity contribution is 8.14. The molecule has 2 atom stereocenters. The predicted octanol–water partition coefficient (Wildman–Crippen LogP) is 5.05. The number of hydrogen-bond donors (Lipinski definition) is 1. The molecule has 1 heterocycles. The van der Waals surface area contributed by atoms with Crippen LogP contribution in [0.3, 0.4) is 0 Å². The number of carbonyl (C=O) groups is 1. The van der Waals surface area contributed by atoms with Gasteiger partial charge in [-0.15, -0.1) is 0 Å². The van der Waals surface area contributed by atoms with Gasteiger partial charge in [-0.1, -0.05) is 64.4 Å². The number of anilines is 1. The van der Waals surface area contributed by atoms with Gasteiger partial charge in [0, 0.05) is 24.4 Å². The standard InChI is InChI=1S/C22H33N3OS/c1-15-19(25(5)21(27-15)24-17-8-6-7-9-17)14-20(26)23-18-12-10-16(11-13-18)22(2,3)4/h10-13,15,17,19H,6-9,14H2,1-5H3,(H,23,26). The second-order valence-electron chi connectivity index (χ2n) is 8.93. The number of benzene rings is 1. The minimum atomic E-state index is 0.0740. The van der Waals surface area contributed by atoms with Crippen molar-refractivity contribution in [1.29, 1.82) is 0 Å². The maximum absolute atomic E-state index is 12.6. The molecule has 0 radical (unpaired) electrons. The van der Waals surface area contributed by atoms with Crippen LogP contribution in [0.4, 0.5) is 5.69 Å². The molecule has 4 nitrogen and oxygen atoms in total. The molecule has 1 aliphatic heterocycles. The average molecular weight is 388 g/mol. The van der Waals surface area contributed by atoms with E-state index in [2.05, 4.69) is 57.1 Å². The van der Waals surface area contributed by atoms with Gasteiger partial charge >= 0.3 is 0 Å².